The molecule has 4 heteroatoms. The van der Waals surface area contributed by atoms with Crippen LogP contribution in [0, 0.1) is 5.41 Å². The van der Waals surface area contributed by atoms with Crippen molar-refractivity contribution in [3.8, 4) is 0 Å². The molecule has 0 saturated carbocycles. The Hall–Kier alpha value is -1.32. The van der Waals surface area contributed by atoms with Gasteiger partial charge in [-0.1, -0.05) is 6.08 Å². The van der Waals surface area contributed by atoms with Gasteiger partial charge in [-0.3, -0.25) is 4.79 Å². The highest BCUT2D eigenvalue weighted by Gasteiger charge is 2.36. The maximum atomic E-state index is 11.5. The lowest BCUT2D eigenvalue weighted by Crippen LogP contribution is -2.31. The fourth-order valence-corrected chi connectivity index (χ4v) is 1.71. The van der Waals surface area contributed by atoms with Crippen molar-refractivity contribution < 1.29 is 19.1 Å². The SMILES string of the molecule is COC(=O)C1=CCC(C)(C(=O)OC)CC1. The fraction of sp³-hybridized carbons (Fsp3) is 0.636. The second-order valence-corrected chi connectivity index (χ2v) is 3.98. The first-order valence-corrected chi connectivity index (χ1v) is 4.89. The van der Waals surface area contributed by atoms with Crippen molar-refractivity contribution in [2.75, 3.05) is 14.2 Å². The summed E-state index contributed by atoms with van der Waals surface area (Å²) < 4.78 is 9.35. The van der Waals surface area contributed by atoms with Gasteiger partial charge in [-0.15, -0.1) is 0 Å². The second kappa shape index (κ2) is 4.47. The van der Waals surface area contributed by atoms with Gasteiger partial charge in [0.15, 0.2) is 0 Å². The van der Waals surface area contributed by atoms with Crippen molar-refractivity contribution in [2.45, 2.75) is 26.2 Å². The Balaban J connectivity index is 2.72. The van der Waals surface area contributed by atoms with E-state index in [1.165, 1.54) is 14.2 Å². The molecule has 0 aromatic rings. The van der Waals surface area contributed by atoms with Crippen molar-refractivity contribution in [2.24, 2.45) is 5.41 Å². The van der Waals surface area contributed by atoms with Crippen molar-refractivity contribution in [3.05, 3.63) is 11.6 Å². The van der Waals surface area contributed by atoms with E-state index < -0.39 is 5.41 Å². The van der Waals surface area contributed by atoms with Crippen LogP contribution in [0.15, 0.2) is 11.6 Å². The standard InChI is InChI=1S/C11H16O4/c1-11(10(13)15-3)6-4-8(5-7-11)9(12)14-2/h4H,5-7H2,1-3H3. The number of carbonyl (C=O) groups is 2. The topological polar surface area (TPSA) is 52.6 Å². The van der Waals surface area contributed by atoms with Gasteiger partial charge in [0.1, 0.15) is 0 Å². The van der Waals surface area contributed by atoms with Crippen LogP contribution >= 0.6 is 0 Å². The fourth-order valence-electron chi connectivity index (χ4n) is 1.71. The van der Waals surface area contributed by atoms with Crippen molar-refractivity contribution in [1.82, 2.24) is 0 Å². The van der Waals surface area contributed by atoms with Crippen molar-refractivity contribution in [1.29, 1.82) is 0 Å². The van der Waals surface area contributed by atoms with E-state index in [-0.39, 0.29) is 11.9 Å². The average molecular weight is 212 g/mol. The van der Waals surface area contributed by atoms with Crippen LogP contribution < -0.4 is 0 Å². The highest BCUT2D eigenvalue weighted by atomic mass is 16.5. The molecule has 0 fully saturated rings. The molecular formula is C11H16O4. The van der Waals surface area contributed by atoms with Crippen molar-refractivity contribution >= 4 is 11.9 Å². The van der Waals surface area contributed by atoms with E-state index in [9.17, 15) is 9.59 Å². The van der Waals surface area contributed by atoms with E-state index in [2.05, 4.69) is 4.74 Å². The van der Waals surface area contributed by atoms with E-state index in [0.717, 1.165) is 0 Å². The number of hydrogen-bond donors (Lipinski definition) is 0. The molecule has 0 saturated heterocycles. The summed E-state index contributed by atoms with van der Waals surface area (Å²) in [5.41, 5.74) is 0.158. The van der Waals surface area contributed by atoms with Gasteiger partial charge in [-0.25, -0.2) is 4.79 Å². The Morgan fingerprint density at radius 1 is 1.33 bits per heavy atom. The van der Waals surface area contributed by atoms with Gasteiger partial charge in [0, 0.05) is 5.57 Å². The lowest BCUT2D eigenvalue weighted by molar-refractivity contribution is -0.152. The van der Waals surface area contributed by atoms with E-state index in [1.54, 1.807) is 6.08 Å². The summed E-state index contributed by atoms with van der Waals surface area (Å²) in [6.45, 7) is 1.85. The molecule has 0 bridgehead atoms. The second-order valence-electron chi connectivity index (χ2n) is 3.98. The third-order valence-corrected chi connectivity index (χ3v) is 2.87. The molecule has 1 unspecified atom stereocenters. The maximum Gasteiger partial charge on any atom is 0.333 e. The van der Waals surface area contributed by atoms with Crippen LogP contribution in [-0.4, -0.2) is 26.2 Å². The molecule has 0 aromatic carbocycles. The highest BCUT2D eigenvalue weighted by Crippen LogP contribution is 2.36. The molecule has 4 nitrogen and oxygen atoms in total. The Labute approximate surface area is 89.2 Å². The lowest BCUT2D eigenvalue weighted by Gasteiger charge is -2.29. The minimum absolute atomic E-state index is 0.220. The van der Waals surface area contributed by atoms with E-state index in [4.69, 9.17) is 4.74 Å². The number of rotatable bonds is 2. The number of esters is 2. The van der Waals surface area contributed by atoms with E-state index in [1.807, 2.05) is 6.92 Å². The summed E-state index contributed by atoms with van der Waals surface area (Å²) in [6, 6.07) is 0. The molecular weight excluding hydrogens is 196 g/mol. The van der Waals surface area contributed by atoms with Gasteiger partial charge in [0.2, 0.25) is 0 Å². The predicted octanol–water partition coefficient (Wildman–Crippen LogP) is 1.45. The van der Waals surface area contributed by atoms with Gasteiger partial charge in [0.25, 0.3) is 0 Å². The third-order valence-electron chi connectivity index (χ3n) is 2.87. The summed E-state index contributed by atoms with van der Waals surface area (Å²) in [5.74, 6) is -0.524. The molecule has 1 aliphatic carbocycles. The summed E-state index contributed by atoms with van der Waals surface area (Å²) in [6.07, 6.45) is 3.50. The number of methoxy groups -OCH3 is 2. The molecule has 0 heterocycles. The maximum absolute atomic E-state index is 11.5. The Bertz CT molecular complexity index is 306. The number of allylic oxidation sites excluding steroid dienone is 1. The van der Waals surface area contributed by atoms with Gasteiger partial charge < -0.3 is 9.47 Å². The zero-order valence-electron chi connectivity index (χ0n) is 9.33. The molecule has 0 aromatic heterocycles. The first kappa shape index (κ1) is 11.8. The summed E-state index contributed by atoms with van der Waals surface area (Å²) in [4.78, 5) is 22.7. The smallest absolute Gasteiger partial charge is 0.333 e. The van der Waals surface area contributed by atoms with Crippen LogP contribution in [0.4, 0.5) is 0 Å². The van der Waals surface area contributed by atoms with Crippen LogP contribution in [0.25, 0.3) is 0 Å². The summed E-state index contributed by atoms with van der Waals surface area (Å²) in [5, 5.41) is 0. The normalized spacial score (nSPS) is 25.4. The minimum Gasteiger partial charge on any atom is -0.469 e. The van der Waals surface area contributed by atoms with Crippen molar-refractivity contribution in [3.63, 3.8) is 0 Å². The average Bonchev–Trinajstić information content (AvgIpc) is 2.28. The van der Waals surface area contributed by atoms with Gasteiger partial charge in [-0.2, -0.15) is 0 Å². The largest absolute Gasteiger partial charge is 0.469 e. The molecule has 84 valence electrons. The number of ether oxygens (including phenoxy) is 2. The molecule has 1 rings (SSSR count). The number of carbonyl (C=O) groups excluding carboxylic acids is 2. The van der Waals surface area contributed by atoms with E-state index >= 15 is 0 Å². The van der Waals surface area contributed by atoms with Crippen LogP contribution in [0.3, 0.4) is 0 Å². The van der Waals surface area contributed by atoms with Crippen LogP contribution in [0.1, 0.15) is 26.2 Å². The quantitative estimate of drug-likeness (QED) is 0.650. The van der Waals surface area contributed by atoms with Gasteiger partial charge in [-0.05, 0) is 26.2 Å². The minimum atomic E-state index is -0.494. The third kappa shape index (κ3) is 2.37. The summed E-state index contributed by atoms with van der Waals surface area (Å²) >= 11 is 0. The molecule has 1 atom stereocenters. The zero-order valence-corrected chi connectivity index (χ0v) is 9.33. The molecule has 0 radical (unpaired) electrons. The Morgan fingerprint density at radius 3 is 2.40 bits per heavy atom. The zero-order chi connectivity index (χ0) is 11.5. The summed E-state index contributed by atoms with van der Waals surface area (Å²) in [7, 11) is 2.74. The first-order valence-electron chi connectivity index (χ1n) is 4.89. The highest BCUT2D eigenvalue weighted by molar-refractivity contribution is 5.89. The molecule has 0 amide bonds. The van der Waals surface area contributed by atoms with Gasteiger partial charge in [0.05, 0.1) is 19.6 Å². The lowest BCUT2D eigenvalue weighted by atomic mass is 9.76. The van der Waals surface area contributed by atoms with E-state index in [0.29, 0.717) is 24.8 Å². The first-order chi connectivity index (χ1) is 7.03. The number of hydrogen-bond acceptors (Lipinski definition) is 4. The molecule has 0 aliphatic heterocycles. The van der Waals surface area contributed by atoms with Gasteiger partial charge >= 0.3 is 11.9 Å². The predicted molar refractivity (Wildman–Crippen MR) is 54.1 cm³/mol. The molecule has 0 N–H and O–H groups in total. The monoisotopic (exact) mass is 212 g/mol. The Morgan fingerprint density at radius 2 is 2.00 bits per heavy atom. The van der Waals surface area contributed by atoms with Crippen LogP contribution in [0.5, 0.6) is 0 Å². The Kier molecular flexibility index (Phi) is 3.50. The molecule has 15 heavy (non-hydrogen) atoms. The van der Waals surface area contributed by atoms with Crippen LogP contribution in [0.2, 0.25) is 0 Å². The molecule has 0 spiro atoms. The molecule has 1 aliphatic rings. The van der Waals surface area contributed by atoms with Crippen LogP contribution in [-0.2, 0) is 19.1 Å².